The fourth-order valence-corrected chi connectivity index (χ4v) is 18.5. The fourth-order valence-electron chi connectivity index (χ4n) is 9.37. The van der Waals surface area contributed by atoms with Gasteiger partial charge in [0.15, 0.2) is 0 Å². The molecule has 0 nitrogen and oxygen atoms in total. The Bertz CT molecular complexity index is 2850. The van der Waals surface area contributed by atoms with E-state index in [2.05, 4.69) is 170 Å². The van der Waals surface area contributed by atoms with Crippen molar-refractivity contribution >= 4 is 100 Å². The van der Waals surface area contributed by atoms with Crippen molar-refractivity contribution in [2.45, 2.75) is 38.5 Å². The molecule has 2 aliphatic rings. The van der Waals surface area contributed by atoms with Crippen molar-refractivity contribution in [3.8, 4) is 41.8 Å². The third-order valence-electron chi connectivity index (χ3n) is 11.7. The molecule has 12 rings (SSSR count). The highest BCUT2D eigenvalue weighted by Gasteiger charge is 2.55. The van der Waals surface area contributed by atoms with Gasteiger partial charge in [0.1, 0.15) is 0 Å². The Morgan fingerprint density at radius 3 is 1.07 bits per heavy atom. The molecule has 0 spiro atoms. The van der Waals surface area contributed by atoms with Gasteiger partial charge in [-0.15, -0.1) is 90.7 Å². The first-order valence-electron chi connectivity index (χ1n) is 18.6. The molecule has 0 amide bonds. The number of benzene rings is 2. The van der Waals surface area contributed by atoms with Crippen LogP contribution in [0, 0.1) is 27.7 Å². The summed E-state index contributed by atoms with van der Waals surface area (Å²) < 4.78 is 2.92. The molecule has 0 saturated heterocycles. The molecule has 0 atom stereocenters. The maximum atomic E-state index is 2.54. The van der Waals surface area contributed by atoms with E-state index in [0.717, 1.165) is 0 Å². The zero-order chi connectivity index (χ0) is 37.5. The average Bonchev–Trinajstić information content (AvgIpc) is 4.04. The van der Waals surface area contributed by atoms with Gasteiger partial charge in [0, 0.05) is 69.7 Å². The lowest BCUT2D eigenvalue weighted by Crippen LogP contribution is -2.27. The lowest BCUT2D eigenvalue weighted by Gasteiger charge is -2.31. The van der Waals surface area contributed by atoms with Gasteiger partial charge >= 0.3 is 0 Å². The minimum absolute atomic E-state index is 0.403. The Kier molecular flexibility index (Phi) is 7.61. The van der Waals surface area contributed by atoms with Gasteiger partial charge in [-0.05, 0) is 145 Å². The van der Waals surface area contributed by atoms with Crippen LogP contribution in [-0.2, 0) is 10.8 Å². The van der Waals surface area contributed by atoms with E-state index in [0.29, 0.717) is 0 Å². The summed E-state index contributed by atoms with van der Waals surface area (Å²) in [5.41, 5.74) is 10.4. The third kappa shape index (κ3) is 4.53. The molecule has 0 saturated carbocycles. The molecule has 2 aromatic carbocycles. The average molecular weight is 865 g/mol. The van der Waals surface area contributed by atoms with E-state index in [4.69, 9.17) is 0 Å². The number of aryl methyl sites for hydroxylation is 4. The van der Waals surface area contributed by atoms with Crippen molar-refractivity contribution in [2.24, 2.45) is 0 Å². The molecule has 0 unspecified atom stereocenters. The van der Waals surface area contributed by atoms with Crippen LogP contribution in [0.15, 0.2) is 120 Å². The summed E-state index contributed by atoms with van der Waals surface area (Å²) in [7, 11) is 0. The van der Waals surface area contributed by atoms with Crippen molar-refractivity contribution in [3.05, 3.63) is 181 Å². The van der Waals surface area contributed by atoms with Gasteiger partial charge in [-0.2, -0.15) is 0 Å². The number of fused-ring (bicyclic) bond motifs is 9. The Hall–Kier alpha value is -3.70. The fraction of sp³-hybridized carbons (Fsp3) is 0.125. The molecule has 8 heteroatoms. The maximum absolute atomic E-state index is 2.54. The van der Waals surface area contributed by atoms with E-state index in [1.54, 1.807) is 0 Å². The quantitative estimate of drug-likeness (QED) is 0.156. The van der Waals surface area contributed by atoms with Gasteiger partial charge in [-0.1, -0.05) is 36.4 Å². The van der Waals surface area contributed by atoms with E-state index in [9.17, 15) is 0 Å². The monoisotopic (exact) mass is 864 g/mol. The summed E-state index contributed by atoms with van der Waals surface area (Å²) in [6, 6.07) is 42.7. The topological polar surface area (TPSA) is 0 Å². The van der Waals surface area contributed by atoms with Crippen LogP contribution in [0.25, 0.3) is 51.2 Å². The highest BCUT2D eigenvalue weighted by atomic mass is 32.1. The highest BCUT2D eigenvalue weighted by molar-refractivity contribution is 7.32. The van der Waals surface area contributed by atoms with Gasteiger partial charge in [-0.25, -0.2) is 0 Å². The maximum Gasteiger partial charge on any atom is 0.0922 e. The van der Waals surface area contributed by atoms with Gasteiger partial charge < -0.3 is 0 Å². The normalized spacial score (nSPS) is 14.7. The number of thiophene rings is 8. The van der Waals surface area contributed by atoms with E-state index in [1.165, 1.54) is 112 Å². The molecule has 0 bridgehead atoms. The van der Waals surface area contributed by atoms with Gasteiger partial charge in [0.25, 0.3) is 0 Å². The van der Waals surface area contributed by atoms with Crippen molar-refractivity contribution in [1.29, 1.82) is 0 Å². The summed E-state index contributed by atoms with van der Waals surface area (Å²) in [6.45, 7) is 9.08. The predicted molar refractivity (Wildman–Crippen MR) is 251 cm³/mol. The van der Waals surface area contributed by atoms with E-state index in [-0.39, 0.29) is 0 Å². The molecule has 10 aromatic rings. The van der Waals surface area contributed by atoms with Crippen LogP contribution in [0.5, 0.6) is 0 Å². The van der Waals surface area contributed by atoms with Gasteiger partial charge in [-0.3, -0.25) is 0 Å². The van der Waals surface area contributed by atoms with Crippen LogP contribution < -0.4 is 0 Å². The Morgan fingerprint density at radius 1 is 0.393 bits per heavy atom. The van der Waals surface area contributed by atoms with Crippen LogP contribution in [-0.4, -0.2) is 0 Å². The molecule has 2 aliphatic carbocycles. The first kappa shape index (κ1) is 34.4. The van der Waals surface area contributed by atoms with Crippen molar-refractivity contribution in [1.82, 2.24) is 0 Å². The molecule has 56 heavy (non-hydrogen) atoms. The second-order valence-electron chi connectivity index (χ2n) is 14.9. The van der Waals surface area contributed by atoms with E-state index in [1.807, 2.05) is 68.0 Å². The predicted octanol–water partition coefficient (Wildman–Crippen LogP) is 16.6. The number of hydrogen-bond donors (Lipinski definition) is 0. The summed E-state index contributed by atoms with van der Waals surface area (Å²) in [5, 5.41) is 4.40. The first-order valence-corrected chi connectivity index (χ1v) is 25.3. The SMILES string of the molecule is Cc1ccc(C2(c3ccc(C)s3)c3cc(-c4cccs4)ccc3-c3sc4c5c(sc4c32)-c2ccc(-c3cccs3)cc2C5(c2ccc(C)s2)c2ccc(C)s2)s1. The van der Waals surface area contributed by atoms with Gasteiger partial charge in [0.2, 0.25) is 0 Å². The lowest BCUT2D eigenvalue weighted by atomic mass is 9.74. The summed E-state index contributed by atoms with van der Waals surface area (Å²) in [5.74, 6) is 0. The van der Waals surface area contributed by atoms with Gasteiger partial charge in [0.05, 0.1) is 20.2 Å². The zero-order valence-corrected chi connectivity index (χ0v) is 37.3. The Morgan fingerprint density at radius 2 is 0.768 bits per heavy atom. The van der Waals surface area contributed by atoms with Crippen molar-refractivity contribution in [3.63, 3.8) is 0 Å². The number of rotatable bonds is 6. The Labute approximate surface area is 358 Å². The standard InChI is InChI=1S/C48H32S8/c1-25-9-17-37(51-25)47(38-18-10-26(2)52-38)33-23-29(35-7-5-21-49-35)13-15-31(33)43-41(47)45-46(55-43)42-44(56-45)32-16-14-30(36-8-6-22-50-36)24-34(32)48(42,39-19-11-27(3)53-39)40-20-12-28(4)54-40/h5-24H,1-4H3. The van der Waals surface area contributed by atoms with Crippen LogP contribution in [0.1, 0.15) is 61.3 Å². The molecule has 8 aromatic heterocycles. The Balaban J connectivity index is 1.24. The minimum Gasteiger partial charge on any atom is -0.144 e. The first-order chi connectivity index (χ1) is 27.3. The molecule has 0 aliphatic heterocycles. The summed E-state index contributed by atoms with van der Waals surface area (Å²) in [6.07, 6.45) is 0. The van der Waals surface area contributed by atoms with Crippen LogP contribution >= 0.6 is 90.7 Å². The second kappa shape index (κ2) is 12.4. The minimum atomic E-state index is -0.403. The molecule has 0 N–H and O–H groups in total. The van der Waals surface area contributed by atoms with E-state index >= 15 is 0 Å². The lowest BCUT2D eigenvalue weighted by molar-refractivity contribution is 0.815. The van der Waals surface area contributed by atoms with Crippen LogP contribution in [0.3, 0.4) is 0 Å². The molecule has 8 heterocycles. The van der Waals surface area contributed by atoms with Crippen LogP contribution in [0.2, 0.25) is 0 Å². The number of hydrogen-bond acceptors (Lipinski definition) is 8. The van der Waals surface area contributed by atoms with Crippen LogP contribution in [0.4, 0.5) is 0 Å². The summed E-state index contributed by atoms with van der Waals surface area (Å²) in [4.78, 5) is 16.6. The highest BCUT2D eigenvalue weighted by Crippen LogP contribution is 2.70. The molecular formula is C48H32S8. The molecule has 272 valence electrons. The molecule has 0 fully saturated rings. The zero-order valence-electron chi connectivity index (χ0n) is 30.8. The van der Waals surface area contributed by atoms with Crippen molar-refractivity contribution < 1.29 is 0 Å². The largest absolute Gasteiger partial charge is 0.144 e. The second-order valence-corrected chi connectivity index (χ2v) is 24.0. The van der Waals surface area contributed by atoms with E-state index < -0.39 is 10.8 Å². The molecule has 0 radical (unpaired) electrons. The third-order valence-corrected chi connectivity index (χ3v) is 20.6. The van der Waals surface area contributed by atoms with Crippen molar-refractivity contribution in [2.75, 3.05) is 0 Å². The smallest absolute Gasteiger partial charge is 0.0922 e. The molecular weight excluding hydrogens is 833 g/mol. The summed E-state index contributed by atoms with van der Waals surface area (Å²) >= 11 is 15.7.